The van der Waals surface area contributed by atoms with Crippen LogP contribution in [0.2, 0.25) is 15.1 Å². The van der Waals surface area contributed by atoms with E-state index in [1.165, 1.54) is 0 Å². The molecule has 3 rings (SSSR count). The van der Waals surface area contributed by atoms with Crippen molar-refractivity contribution in [1.29, 1.82) is 0 Å². The Bertz CT molecular complexity index is 917. The summed E-state index contributed by atoms with van der Waals surface area (Å²) in [5.74, 6) is 2.34. The highest BCUT2D eigenvalue weighted by molar-refractivity contribution is 8.15. The number of nitrogens with zero attached hydrogens (tertiary/aromatic N) is 1. The molecule has 0 unspecified atom stereocenters. The summed E-state index contributed by atoms with van der Waals surface area (Å²) in [5, 5.41) is 0.211. The van der Waals surface area contributed by atoms with Crippen LogP contribution < -0.4 is 9.64 Å². The normalized spacial score (nSPS) is 16.5. The summed E-state index contributed by atoms with van der Waals surface area (Å²) in [5.41, 5.74) is 1.20. The minimum absolute atomic E-state index is 0.0420. The lowest BCUT2D eigenvalue weighted by Crippen LogP contribution is -2.32. The third-order valence-electron chi connectivity index (χ3n) is 3.79. The van der Waals surface area contributed by atoms with E-state index in [4.69, 9.17) is 46.0 Å². The molecule has 1 heterocycles. The Morgan fingerprint density at radius 3 is 2.33 bits per heavy atom. The fourth-order valence-corrected chi connectivity index (χ4v) is 4.40. The lowest BCUT2D eigenvalue weighted by atomic mass is 10.1. The van der Waals surface area contributed by atoms with Gasteiger partial charge in [-0.25, -0.2) is 4.90 Å². The largest absolute Gasteiger partial charge is 0.478 e. The van der Waals surface area contributed by atoms with Gasteiger partial charge in [0.1, 0.15) is 6.61 Å². The average Bonchev–Trinajstić information content (AvgIpc) is 2.89. The van der Waals surface area contributed by atoms with E-state index in [0.717, 1.165) is 22.2 Å². The molecule has 27 heavy (non-hydrogen) atoms. The Labute approximate surface area is 175 Å². The van der Waals surface area contributed by atoms with E-state index in [1.807, 2.05) is 0 Å². The summed E-state index contributed by atoms with van der Waals surface area (Å²) >= 11 is 19.2. The number of carbonyl (C=O) groups excluding carboxylic acids is 2. The molecule has 0 bridgehead atoms. The Morgan fingerprint density at radius 2 is 1.74 bits per heavy atom. The Kier molecular flexibility index (Phi) is 6.23. The summed E-state index contributed by atoms with van der Waals surface area (Å²) in [6.45, 7) is 0.0420. The van der Waals surface area contributed by atoms with Gasteiger partial charge in [-0.3, -0.25) is 9.59 Å². The topological polar surface area (TPSA) is 46.6 Å². The van der Waals surface area contributed by atoms with Crippen LogP contribution in [0.25, 0.3) is 0 Å². The first-order valence-corrected chi connectivity index (χ1v) is 9.76. The van der Waals surface area contributed by atoms with Crippen LogP contribution in [0.4, 0.5) is 10.5 Å². The number of anilines is 1. The highest BCUT2D eigenvalue weighted by atomic mass is 35.5. The molecule has 0 radical (unpaired) electrons. The molecule has 1 aliphatic heterocycles. The zero-order valence-corrected chi connectivity index (χ0v) is 16.8. The standard InChI is InChI=1S/C19H12Cl3NO3S/c1-2-7-26-17-14(21)8-11(9-15(17)22)10-16-18(24)23(19(25)27-16)13-5-3-12(20)4-6-13/h1,3-6,8-9,16H,7,10H2/t16-/m0/s1. The Morgan fingerprint density at radius 1 is 1.11 bits per heavy atom. The van der Waals surface area contributed by atoms with Gasteiger partial charge in [0.15, 0.2) is 5.75 Å². The molecule has 0 saturated carbocycles. The van der Waals surface area contributed by atoms with E-state index >= 15 is 0 Å². The summed E-state index contributed by atoms with van der Waals surface area (Å²) in [4.78, 5) is 26.2. The summed E-state index contributed by atoms with van der Waals surface area (Å²) < 4.78 is 5.32. The van der Waals surface area contributed by atoms with Gasteiger partial charge in [0.05, 0.1) is 21.0 Å². The molecule has 1 aliphatic rings. The van der Waals surface area contributed by atoms with Gasteiger partial charge in [0, 0.05) is 5.02 Å². The second-order valence-electron chi connectivity index (χ2n) is 5.61. The van der Waals surface area contributed by atoms with Crippen molar-refractivity contribution in [3.05, 3.63) is 57.0 Å². The van der Waals surface area contributed by atoms with E-state index in [0.29, 0.717) is 32.9 Å². The first kappa shape index (κ1) is 19.9. The van der Waals surface area contributed by atoms with Gasteiger partial charge in [0.2, 0.25) is 5.91 Å². The molecule has 0 aromatic heterocycles. The maximum absolute atomic E-state index is 12.7. The van der Waals surface area contributed by atoms with Crippen molar-refractivity contribution in [3.63, 3.8) is 0 Å². The minimum atomic E-state index is -0.571. The van der Waals surface area contributed by atoms with Crippen LogP contribution in [-0.2, 0) is 11.2 Å². The van der Waals surface area contributed by atoms with E-state index in [1.54, 1.807) is 36.4 Å². The van der Waals surface area contributed by atoms with Crippen LogP contribution in [0.1, 0.15) is 5.56 Å². The number of halogens is 3. The maximum Gasteiger partial charge on any atom is 0.293 e. The molecule has 0 N–H and O–H groups in total. The Hall–Kier alpha value is -1.84. The zero-order valence-electron chi connectivity index (χ0n) is 13.7. The third kappa shape index (κ3) is 4.36. The molecule has 4 nitrogen and oxygen atoms in total. The van der Waals surface area contributed by atoms with E-state index < -0.39 is 5.25 Å². The fourth-order valence-electron chi connectivity index (χ4n) is 2.61. The lowest BCUT2D eigenvalue weighted by molar-refractivity contribution is -0.117. The van der Waals surface area contributed by atoms with E-state index in [2.05, 4.69) is 5.92 Å². The third-order valence-corrected chi connectivity index (χ3v) is 5.64. The molecular weight excluding hydrogens is 429 g/mol. The van der Waals surface area contributed by atoms with Crippen LogP contribution in [0.5, 0.6) is 5.75 Å². The van der Waals surface area contributed by atoms with Gasteiger partial charge in [-0.2, -0.15) is 0 Å². The molecule has 1 atom stereocenters. The molecule has 8 heteroatoms. The van der Waals surface area contributed by atoms with Crippen molar-refractivity contribution in [2.45, 2.75) is 11.7 Å². The number of benzene rings is 2. The fraction of sp³-hybridized carbons (Fsp3) is 0.158. The predicted octanol–water partition coefficient (Wildman–Crippen LogP) is 5.47. The molecular formula is C19H12Cl3NO3S. The summed E-state index contributed by atoms with van der Waals surface area (Å²) in [6, 6.07) is 9.83. The van der Waals surface area contributed by atoms with Crippen LogP contribution >= 0.6 is 46.6 Å². The van der Waals surface area contributed by atoms with Crippen LogP contribution in [0.15, 0.2) is 36.4 Å². The average molecular weight is 441 g/mol. The highest BCUT2D eigenvalue weighted by Crippen LogP contribution is 2.38. The number of terminal acetylenes is 1. The van der Waals surface area contributed by atoms with Gasteiger partial charge in [-0.05, 0) is 48.4 Å². The molecule has 0 aliphatic carbocycles. The van der Waals surface area contributed by atoms with Crippen LogP contribution in [0.3, 0.4) is 0 Å². The number of hydrogen-bond acceptors (Lipinski definition) is 4. The second kappa shape index (κ2) is 8.45. The van der Waals surface area contributed by atoms with Gasteiger partial charge in [0.25, 0.3) is 5.24 Å². The van der Waals surface area contributed by atoms with Crippen molar-refractivity contribution in [2.24, 2.45) is 0 Å². The molecule has 2 aromatic carbocycles. The highest BCUT2D eigenvalue weighted by Gasteiger charge is 2.40. The number of hydrogen-bond donors (Lipinski definition) is 0. The number of carbonyl (C=O) groups is 2. The quantitative estimate of drug-likeness (QED) is 0.578. The molecule has 2 aromatic rings. The van der Waals surface area contributed by atoms with Crippen LogP contribution in [-0.4, -0.2) is 23.0 Å². The molecule has 0 spiro atoms. The lowest BCUT2D eigenvalue weighted by Gasteiger charge is -2.14. The Balaban J connectivity index is 1.79. The van der Waals surface area contributed by atoms with Crippen molar-refractivity contribution >= 4 is 63.4 Å². The number of imide groups is 1. The molecule has 2 amide bonds. The number of amides is 2. The maximum atomic E-state index is 12.7. The number of ether oxygens (including phenoxy) is 1. The molecule has 138 valence electrons. The summed E-state index contributed by atoms with van der Waals surface area (Å²) in [6.07, 6.45) is 5.47. The van der Waals surface area contributed by atoms with E-state index in [9.17, 15) is 9.59 Å². The van der Waals surface area contributed by atoms with Crippen molar-refractivity contribution in [1.82, 2.24) is 0 Å². The predicted molar refractivity (Wildman–Crippen MR) is 110 cm³/mol. The second-order valence-corrected chi connectivity index (χ2v) is 8.01. The van der Waals surface area contributed by atoms with Crippen LogP contribution in [0, 0.1) is 12.3 Å². The minimum Gasteiger partial charge on any atom is -0.478 e. The van der Waals surface area contributed by atoms with Gasteiger partial charge in [-0.15, -0.1) is 6.42 Å². The number of thioether (sulfide) groups is 1. The first-order valence-electron chi connectivity index (χ1n) is 7.75. The smallest absolute Gasteiger partial charge is 0.293 e. The molecule has 1 saturated heterocycles. The first-order chi connectivity index (χ1) is 12.9. The van der Waals surface area contributed by atoms with Gasteiger partial charge < -0.3 is 4.74 Å². The molecule has 1 fully saturated rings. The monoisotopic (exact) mass is 439 g/mol. The zero-order chi connectivity index (χ0) is 19.6. The van der Waals surface area contributed by atoms with E-state index in [-0.39, 0.29) is 17.8 Å². The van der Waals surface area contributed by atoms with Gasteiger partial charge in [-0.1, -0.05) is 52.5 Å². The van der Waals surface area contributed by atoms with Crippen molar-refractivity contribution in [3.8, 4) is 18.1 Å². The van der Waals surface area contributed by atoms with Crippen molar-refractivity contribution < 1.29 is 14.3 Å². The van der Waals surface area contributed by atoms with Gasteiger partial charge >= 0.3 is 0 Å². The number of rotatable bonds is 5. The summed E-state index contributed by atoms with van der Waals surface area (Å²) in [7, 11) is 0. The SMILES string of the molecule is C#CCOc1c(Cl)cc(C[C@@H]2SC(=O)N(c3ccc(Cl)cc3)C2=O)cc1Cl. The van der Waals surface area contributed by atoms with Crippen molar-refractivity contribution in [2.75, 3.05) is 11.5 Å².